The summed E-state index contributed by atoms with van der Waals surface area (Å²) in [5, 5.41) is 12.1. The average Bonchev–Trinajstić information content (AvgIpc) is 2.83. The van der Waals surface area contributed by atoms with Crippen LogP contribution in [-0.2, 0) is 6.42 Å². The molecule has 2 aromatic carbocycles. The molecule has 4 nitrogen and oxygen atoms in total. The number of aliphatic hydroxyl groups is 1. The zero-order valence-electron chi connectivity index (χ0n) is 21.7. The van der Waals surface area contributed by atoms with Crippen LogP contribution in [0.1, 0.15) is 70.3 Å². The Morgan fingerprint density at radius 3 is 2.51 bits per heavy atom. The van der Waals surface area contributed by atoms with Crippen molar-refractivity contribution >= 4 is 27.9 Å². The summed E-state index contributed by atoms with van der Waals surface area (Å²) in [4.78, 5) is 15.0. The van der Waals surface area contributed by atoms with Gasteiger partial charge in [0.2, 0.25) is 0 Å². The predicted molar refractivity (Wildman–Crippen MR) is 146 cm³/mol. The van der Waals surface area contributed by atoms with Crippen LogP contribution in [-0.4, -0.2) is 54.4 Å². The summed E-state index contributed by atoms with van der Waals surface area (Å²) >= 11 is 3.43. The lowest BCUT2D eigenvalue weighted by atomic mass is 9.89. The average molecular weight is 582 g/mol. The van der Waals surface area contributed by atoms with Crippen molar-refractivity contribution in [2.24, 2.45) is 0 Å². The van der Waals surface area contributed by atoms with E-state index in [9.17, 15) is 18.0 Å². The number of aryl methyl sites for hydroxylation is 2. The van der Waals surface area contributed by atoms with Crippen LogP contribution in [0.4, 0.5) is 13.2 Å². The van der Waals surface area contributed by atoms with E-state index in [1.807, 2.05) is 20.8 Å². The predicted octanol–water partition coefficient (Wildman–Crippen LogP) is 6.56. The molecule has 0 aromatic heterocycles. The minimum Gasteiger partial charge on any atom is -0.395 e. The lowest BCUT2D eigenvalue weighted by molar-refractivity contribution is -0.139. The second-order valence-corrected chi connectivity index (χ2v) is 10.7. The number of hydrogen-bond acceptors (Lipinski definition) is 3. The van der Waals surface area contributed by atoms with Gasteiger partial charge in [-0.15, -0.1) is 0 Å². The van der Waals surface area contributed by atoms with E-state index < -0.39 is 12.1 Å². The number of β-amino-alcohol motifs (C(OH)–C–C–N with tert-alkyl or cyclic N) is 1. The fourth-order valence-corrected chi connectivity index (χ4v) is 5.39. The van der Waals surface area contributed by atoms with Gasteiger partial charge in [-0.05, 0) is 89.0 Å². The number of halogens is 4. The first-order valence-electron chi connectivity index (χ1n) is 12.8. The second-order valence-electron chi connectivity index (χ2n) is 9.80. The number of aliphatic hydroxyl groups excluding tert-OH is 1. The smallest absolute Gasteiger partial charge is 0.395 e. The van der Waals surface area contributed by atoms with E-state index in [-0.39, 0.29) is 24.1 Å². The number of allylic oxidation sites excluding steroid dienone is 1. The number of alkyl halides is 3. The van der Waals surface area contributed by atoms with E-state index in [2.05, 4.69) is 26.1 Å². The van der Waals surface area contributed by atoms with Crippen molar-refractivity contribution in [3.05, 3.63) is 74.3 Å². The highest BCUT2D eigenvalue weighted by Crippen LogP contribution is 2.38. The Labute approximate surface area is 226 Å². The highest BCUT2D eigenvalue weighted by Gasteiger charge is 2.39. The van der Waals surface area contributed by atoms with Crippen molar-refractivity contribution in [3.8, 4) is 0 Å². The van der Waals surface area contributed by atoms with Crippen LogP contribution in [0.25, 0.3) is 6.08 Å². The van der Waals surface area contributed by atoms with Crippen molar-refractivity contribution in [1.29, 1.82) is 0 Å². The first kappa shape index (κ1) is 29.4. The molecule has 202 valence electrons. The normalized spacial score (nSPS) is 16.3. The summed E-state index contributed by atoms with van der Waals surface area (Å²) in [5.41, 5.74) is 4.13. The Balaban J connectivity index is 1.75. The zero-order chi connectivity index (χ0) is 27.2. The quantitative estimate of drug-likeness (QED) is 0.353. The molecule has 1 heterocycles. The summed E-state index contributed by atoms with van der Waals surface area (Å²) < 4.78 is 42.7. The number of carbonyl (C=O) groups excluding carboxylic acids is 1. The summed E-state index contributed by atoms with van der Waals surface area (Å²) in [6.07, 6.45) is 1.46. The van der Waals surface area contributed by atoms with Crippen LogP contribution >= 0.6 is 15.9 Å². The molecule has 1 amide bonds. The van der Waals surface area contributed by atoms with Crippen molar-refractivity contribution in [3.63, 3.8) is 0 Å². The topological polar surface area (TPSA) is 52.6 Å². The number of nitrogens with zero attached hydrogens (tertiary/aromatic N) is 1. The van der Waals surface area contributed by atoms with Crippen LogP contribution in [0, 0.1) is 13.8 Å². The fraction of sp³-hybridized carbons (Fsp3) is 0.483. The third-order valence-corrected chi connectivity index (χ3v) is 7.74. The van der Waals surface area contributed by atoms with Gasteiger partial charge in [0.1, 0.15) is 0 Å². The number of amides is 1. The van der Waals surface area contributed by atoms with E-state index in [0.717, 1.165) is 55.5 Å². The largest absolute Gasteiger partial charge is 0.399 e. The van der Waals surface area contributed by atoms with Gasteiger partial charge in [0.15, 0.2) is 0 Å². The van der Waals surface area contributed by atoms with Crippen molar-refractivity contribution in [2.45, 2.75) is 64.6 Å². The van der Waals surface area contributed by atoms with E-state index in [1.165, 1.54) is 12.2 Å². The SMILES string of the molecule is CCCc1cc(C(/C=C/c2ccc(C(=O)NC3CCN(CCO)CC3)c(Br)c2)C(F)(F)F)cc(C)c1C. The maximum absolute atomic E-state index is 14.1. The maximum atomic E-state index is 14.1. The van der Waals surface area contributed by atoms with Gasteiger partial charge in [-0.3, -0.25) is 4.79 Å². The molecule has 0 bridgehead atoms. The van der Waals surface area contributed by atoms with Crippen LogP contribution < -0.4 is 5.32 Å². The summed E-state index contributed by atoms with van der Waals surface area (Å²) in [6.45, 7) is 8.23. The molecule has 2 aromatic rings. The minimum atomic E-state index is -4.43. The Kier molecular flexibility index (Phi) is 10.4. The fourth-order valence-electron chi connectivity index (χ4n) is 4.81. The molecule has 0 radical (unpaired) electrons. The molecule has 3 rings (SSSR count). The van der Waals surface area contributed by atoms with Gasteiger partial charge < -0.3 is 15.3 Å². The van der Waals surface area contributed by atoms with Crippen molar-refractivity contribution in [2.75, 3.05) is 26.2 Å². The van der Waals surface area contributed by atoms with Crippen LogP contribution in [0.2, 0.25) is 0 Å². The van der Waals surface area contributed by atoms with Crippen LogP contribution in [0.5, 0.6) is 0 Å². The summed E-state index contributed by atoms with van der Waals surface area (Å²) in [7, 11) is 0. The zero-order valence-corrected chi connectivity index (χ0v) is 23.3. The highest BCUT2D eigenvalue weighted by atomic mass is 79.9. The second kappa shape index (κ2) is 13.1. The van der Waals surface area contributed by atoms with Gasteiger partial charge in [-0.1, -0.05) is 43.7 Å². The maximum Gasteiger partial charge on any atom is 0.399 e. The number of hydrogen-bond donors (Lipinski definition) is 2. The van der Waals surface area contributed by atoms with Gasteiger partial charge in [0, 0.05) is 30.1 Å². The first-order chi connectivity index (χ1) is 17.5. The van der Waals surface area contributed by atoms with E-state index in [0.29, 0.717) is 22.1 Å². The Morgan fingerprint density at radius 2 is 1.92 bits per heavy atom. The van der Waals surface area contributed by atoms with Gasteiger partial charge >= 0.3 is 6.18 Å². The molecule has 37 heavy (non-hydrogen) atoms. The number of likely N-dealkylation sites (tertiary alicyclic amines) is 1. The van der Waals surface area contributed by atoms with Gasteiger partial charge in [0.25, 0.3) is 5.91 Å². The van der Waals surface area contributed by atoms with Crippen molar-refractivity contribution < 1.29 is 23.1 Å². The number of nitrogens with one attached hydrogen (secondary N) is 1. The molecule has 1 aliphatic heterocycles. The molecule has 1 unspecified atom stereocenters. The van der Waals surface area contributed by atoms with Crippen molar-refractivity contribution in [1.82, 2.24) is 10.2 Å². The number of piperidine rings is 1. The van der Waals surface area contributed by atoms with Crippen LogP contribution in [0.3, 0.4) is 0 Å². The third kappa shape index (κ3) is 7.91. The number of rotatable bonds is 9. The number of carbonyl (C=O) groups is 1. The standard InChI is InChI=1S/C29H36BrF3N2O2/c1-4-5-22-18-23(16-19(2)20(22)3)26(29(31,32)33)9-7-21-6-8-25(27(30)17-21)28(37)34-24-10-12-35(13-11-24)14-15-36/h6-9,16-18,24,26,36H,4-5,10-15H2,1-3H3,(H,34,37)/b9-7+. The van der Waals surface area contributed by atoms with E-state index in [4.69, 9.17) is 5.11 Å². The first-order valence-corrected chi connectivity index (χ1v) is 13.6. The molecule has 1 atom stereocenters. The lowest BCUT2D eigenvalue weighted by Gasteiger charge is -2.31. The number of benzene rings is 2. The molecular weight excluding hydrogens is 545 g/mol. The molecule has 0 spiro atoms. The minimum absolute atomic E-state index is 0.0528. The third-order valence-electron chi connectivity index (χ3n) is 7.09. The molecule has 8 heteroatoms. The summed E-state index contributed by atoms with van der Waals surface area (Å²) in [6, 6.07) is 8.34. The van der Waals surface area contributed by atoms with E-state index in [1.54, 1.807) is 30.3 Å². The molecular formula is C29H36BrF3N2O2. The lowest BCUT2D eigenvalue weighted by Crippen LogP contribution is -2.45. The van der Waals surface area contributed by atoms with Crippen LogP contribution in [0.15, 0.2) is 40.9 Å². The highest BCUT2D eigenvalue weighted by molar-refractivity contribution is 9.10. The Bertz CT molecular complexity index is 1110. The molecule has 1 fully saturated rings. The van der Waals surface area contributed by atoms with Gasteiger partial charge in [0.05, 0.1) is 18.1 Å². The Hall–Kier alpha value is -2.16. The van der Waals surface area contributed by atoms with E-state index >= 15 is 0 Å². The molecule has 0 aliphatic carbocycles. The Morgan fingerprint density at radius 1 is 1.22 bits per heavy atom. The van der Waals surface area contributed by atoms with Gasteiger partial charge in [-0.2, -0.15) is 13.2 Å². The molecule has 2 N–H and O–H groups in total. The summed E-state index contributed by atoms with van der Waals surface area (Å²) in [5.74, 6) is -1.93. The van der Waals surface area contributed by atoms with Gasteiger partial charge in [-0.25, -0.2) is 0 Å². The molecule has 1 saturated heterocycles. The monoisotopic (exact) mass is 580 g/mol. The molecule has 1 aliphatic rings. The molecule has 0 saturated carbocycles.